The van der Waals surface area contributed by atoms with Crippen LogP contribution in [-0.4, -0.2) is 46.9 Å². The molecule has 6 nitrogen and oxygen atoms in total. The van der Waals surface area contributed by atoms with Gasteiger partial charge in [0.15, 0.2) is 6.10 Å². The van der Waals surface area contributed by atoms with Gasteiger partial charge in [0.2, 0.25) is 5.91 Å². The summed E-state index contributed by atoms with van der Waals surface area (Å²) in [6.07, 6.45) is 3.26. The molecule has 1 aliphatic rings. The van der Waals surface area contributed by atoms with Gasteiger partial charge in [0, 0.05) is 37.5 Å². The van der Waals surface area contributed by atoms with Crippen LogP contribution in [0.15, 0.2) is 73.1 Å². The lowest BCUT2D eigenvalue weighted by molar-refractivity contribution is -0.147. The van der Waals surface area contributed by atoms with Gasteiger partial charge < -0.3 is 15.0 Å². The molecule has 1 aliphatic heterocycles. The predicted molar refractivity (Wildman–Crippen MR) is 123 cm³/mol. The number of rotatable bonds is 6. The van der Waals surface area contributed by atoms with E-state index in [4.69, 9.17) is 4.74 Å². The standard InChI is InChI=1S/C26H27N3O3/c1-18-9-11-22(12-10-18)32-19(2)26(31)29-15-14-28-25(30)24(29)16-20-6-3-4-8-23(20)21-7-5-13-27-17-21/h3-13,17,19,24H,14-16H2,1-2H3,(H,28,30). The lowest BCUT2D eigenvalue weighted by atomic mass is 9.94. The highest BCUT2D eigenvalue weighted by molar-refractivity contribution is 5.91. The second-order valence-electron chi connectivity index (χ2n) is 8.01. The first-order valence-electron chi connectivity index (χ1n) is 10.8. The van der Waals surface area contributed by atoms with Crippen molar-refractivity contribution in [1.82, 2.24) is 15.2 Å². The Balaban J connectivity index is 1.55. The predicted octanol–water partition coefficient (Wildman–Crippen LogP) is 3.39. The minimum Gasteiger partial charge on any atom is -0.481 e. The van der Waals surface area contributed by atoms with Crippen LogP contribution >= 0.6 is 0 Å². The van der Waals surface area contributed by atoms with Crippen LogP contribution in [-0.2, 0) is 16.0 Å². The second kappa shape index (κ2) is 9.64. The summed E-state index contributed by atoms with van der Waals surface area (Å²) in [7, 11) is 0. The Morgan fingerprint density at radius 1 is 1.16 bits per heavy atom. The number of pyridine rings is 1. The summed E-state index contributed by atoms with van der Waals surface area (Å²) in [5.74, 6) is 0.300. The highest BCUT2D eigenvalue weighted by Gasteiger charge is 2.36. The van der Waals surface area contributed by atoms with Crippen LogP contribution in [0.5, 0.6) is 5.75 Å². The third kappa shape index (κ3) is 4.80. The molecule has 1 fully saturated rings. The molecule has 1 N–H and O–H groups in total. The van der Waals surface area contributed by atoms with Gasteiger partial charge in [-0.3, -0.25) is 14.6 Å². The molecule has 0 saturated carbocycles. The average molecular weight is 430 g/mol. The van der Waals surface area contributed by atoms with Gasteiger partial charge >= 0.3 is 0 Å². The molecule has 0 radical (unpaired) electrons. The van der Waals surface area contributed by atoms with Crippen molar-refractivity contribution in [2.24, 2.45) is 0 Å². The fourth-order valence-electron chi connectivity index (χ4n) is 4.00. The number of ether oxygens (including phenoxy) is 1. The molecule has 2 amide bonds. The van der Waals surface area contributed by atoms with Gasteiger partial charge in [0.25, 0.3) is 5.91 Å². The SMILES string of the molecule is Cc1ccc(OC(C)C(=O)N2CCNC(=O)C2Cc2ccccc2-c2cccnc2)cc1. The van der Waals surface area contributed by atoms with E-state index in [0.717, 1.165) is 22.3 Å². The molecule has 2 aromatic carbocycles. The lowest BCUT2D eigenvalue weighted by Gasteiger charge is -2.36. The molecular formula is C26H27N3O3. The summed E-state index contributed by atoms with van der Waals surface area (Å²) in [5.41, 5.74) is 4.10. The number of carbonyl (C=O) groups is 2. The van der Waals surface area contributed by atoms with E-state index >= 15 is 0 Å². The van der Waals surface area contributed by atoms with Crippen molar-refractivity contribution in [3.05, 3.63) is 84.2 Å². The number of nitrogens with one attached hydrogen (secondary N) is 1. The molecule has 1 saturated heterocycles. The van der Waals surface area contributed by atoms with E-state index in [-0.39, 0.29) is 11.8 Å². The van der Waals surface area contributed by atoms with Crippen molar-refractivity contribution in [3.8, 4) is 16.9 Å². The van der Waals surface area contributed by atoms with Gasteiger partial charge in [0.1, 0.15) is 11.8 Å². The van der Waals surface area contributed by atoms with Gasteiger partial charge in [-0.15, -0.1) is 0 Å². The van der Waals surface area contributed by atoms with Crippen LogP contribution in [0, 0.1) is 6.92 Å². The monoisotopic (exact) mass is 429 g/mol. The fourth-order valence-corrected chi connectivity index (χ4v) is 4.00. The maximum absolute atomic E-state index is 13.3. The van der Waals surface area contributed by atoms with Crippen molar-refractivity contribution < 1.29 is 14.3 Å². The van der Waals surface area contributed by atoms with E-state index < -0.39 is 12.1 Å². The van der Waals surface area contributed by atoms with Crippen molar-refractivity contribution in [2.45, 2.75) is 32.4 Å². The van der Waals surface area contributed by atoms with Crippen molar-refractivity contribution in [1.29, 1.82) is 0 Å². The number of nitrogens with zero attached hydrogens (tertiary/aromatic N) is 2. The van der Waals surface area contributed by atoms with E-state index in [9.17, 15) is 9.59 Å². The van der Waals surface area contributed by atoms with E-state index in [1.807, 2.05) is 67.6 Å². The summed E-state index contributed by atoms with van der Waals surface area (Å²) in [6.45, 7) is 4.61. The Morgan fingerprint density at radius 2 is 1.94 bits per heavy atom. The topological polar surface area (TPSA) is 71.5 Å². The lowest BCUT2D eigenvalue weighted by Crippen LogP contribution is -2.60. The number of benzene rings is 2. The maximum atomic E-state index is 13.3. The van der Waals surface area contributed by atoms with Crippen molar-refractivity contribution in [2.75, 3.05) is 13.1 Å². The van der Waals surface area contributed by atoms with Crippen molar-refractivity contribution >= 4 is 11.8 Å². The van der Waals surface area contributed by atoms with Crippen LogP contribution in [0.1, 0.15) is 18.1 Å². The van der Waals surface area contributed by atoms with Gasteiger partial charge in [-0.1, -0.05) is 48.0 Å². The van der Waals surface area contributed by atoms with E-state index in [1.54, 1.807) is 24.2 Å². The van der Waals surface area contributed by atoms with Gasteiger partial charge in [-0.05, 0) is 43.2 Å². The summed E-state index contributed by atoms with van der Waals surface area (Å²) in [5, 5.41) is 2.91. The molecule has 2 unspecified atom stereocenters. The van der Waals surface area contributed by atoms with Crippen molar-refractivity contribution in [3.63, 3.8) is 0 Å². The van der Waals surface area contributed by atoms with E-state index in [0.29, 0.717) is 25.3 Å². The quantitative estimate of drug-likeness (QED) is 0.652. The zero-order valence-electron chi connectivity index (χ0n) is 18.3. The highest BCUT2D eigenvalue weighted by Crippen LogP contribution is 2.26. The summed E-state index contributed by atoms with van der Waals surface area (Å²) in [4.78, 5) is 32.0. The molecule has 0 bridgehead atoms. The average Bonchev–Trinajstić information content (AvgIpc) is 2.82. The third-order valence-electron chi connectivity index (χ3n) is 5.70. The van der Waals surface area contributed by atoms with E-state index in [2.05, 4.69) is 10.3 Å². The minimum absolute atomic E-state index is 0.145. The highest BCUT2D eigenvalue weighted by atomic mass is 16.5. The summed E-state index contributed by atoms with van der Waals surface area (Å²) < 4.78 is 5.88. The second-order valence-corrected chi connectivity index (χ2v) is 8.01. The number of aromatic nitrogens is 1. The number of piperazine rings is 1. The number of hydrogen-bond acceptors (Lipinski definition) is 4. The number of hydrogen-bond donors (Lipinski definition) is 1. The van der Waals surface area contributed by atoms with Gasteiger partial charge in [-0.25, -0.2) is 0 Å². The maximum Gasteiger partial charge on any atom is 0.264 e. The Bertz CT molecular complexity index is 1080. The first-order chi connectivity index (χ1) is 15.5. The molecule has 3 aromatic rings. The Morgan fingerprint density at radius 3 is 2.69 bits per heavy atom. The Labute approximate surface area is 188 Å². The Hall–Kier alpha value is -3.67. The molecule has 2 heterocycles. The molecular weight excluding hydrogens is 402 g/mol. The van der Waals surface area contributed by atoms with Crippen LogP contribution in [0.25, 0.3) is 11.1 Å². The Kier molecular flexibility index (Phi) is 6.50. The number of amides is 2. The third-order valence-corrected chi connectivity index (χ3v) is 5.70. The zero-order chi connectivity index (χ0) is 22.5. The molecule has 0 spiro atoms. The molecule has 32 heavy (non-hydrogen) atoms. The molecule has 1 aromatic heterocycles. The summed E-state index contributed by atoms with van der Waals surface area (Å²) >= 11 is 0. The molecule has 0 aliphatic carbocycles. The largest absolute Gasteiger partial charge is 0.481 e. The van der Waals surface area contributed by atoms with Crippen LogP contribution in [0.3, 0.4) is 0 Å². The molecule has 2 atom stereocenters. The number of aryl methyl sites for hydroxylation is 1. The van der Waals surface area contributed by atoms with Gasteiger partial charge in [0.05, 0.1) is 0 Å². The van der Waals surface area contributed by atoms with E-state index in [1.165, 1.54) is 0 Å². The summed E-state index contributed by atoms with van der Waals surface area (Å²) in [6, 6.07) is 18.8. The normalized spacial score (nSPS) is 16.9. The van der Waals surface area contributed by atoms with Crippen LogP contribution < -0.4 is 10.1 Å². The van der Waals surface area contributed by atoms with Gasteiger partial charge in [-0.2, -0.15) is 0 Å². The molecule has 6 heteroatoms. The zero-order valence-corrected chi connectivity index (χ0v) is 18.3. The first kappa shape index (κ1) is 21.6. The minimum atomic E-state index is -0.695. The first-order valence-corrected chi connectivity index (χ1v) is 10.8. The molecule has 4 rings (SSSR count). The fraction of sp³-hybridized carbons (Fsp3) is 0.269. The van der Waals surface area contributed by atoms with Crippen LogP contribution in [0.2, 0.25) is 0 Å². The smallest absolute Gasteiger partial charge is 0.264 e. The van der Waals surface area contributed by atoms with Crippen LogP contribution in [0.4, 0.5) is 0 Å². The number of carbonyl (C=O) groups excluding carboxylic acids is 2. The molecule has 164 valence electrons.